The van der Waals surface area contributed by atoms with E-state index in [2.05, 4.69) is 6.58 Å². The van der Waals surface area contributed by atoms with Crippen LogP contribution in [0.15, 0.2) is 109 Å². The van der Waals surface area contributed by atoms with E-state index in [1.165, 1.54) is 0 Å². The topological polar surface area (TPSA) is 72.8 Å². The van der Waals surface area contributed by atoms with Crippen LogP contribution in [-0.4, -0.2) is 29.6 Å². The van der Waals surface area contributed by atoms with Gasteiger partial charge in [0.1, 0.15) is 18.1 Å². The molecule has 1 N–H and O–H groups in total. The Hall–Kier alpha value is -4.48. The lowest BCUT2D eigenvalue weighted by atomic mass is 10.0. The molecule has 0 radical (unpaired) electrons. The molecular formula is C32H28O5. The Morgan fingerprint density at radius 1 is 0.703 bits per heavy atom. The maximum atomic E-state index is 12.6. The van der Waals surface area contributed by atoms with Crippen molar-refractivity contribution in [1.29, 1.82) is 0 Å². The van der Waals surface area contributed by atoms with E-state index in [0.717, 1.165) is 22.3 Å². The van der Waals surface area contributed by atoms with Gasteiger partial charge in [-0.3, -0.25) is 4.79 Å². The third-order valence-electron chi connectivity index (χ3n) is 5.73. The molecule has 1 unspecified atom stereocenters. The number of carbonyl (C=O) groups excluding carboxylic acids is 2. The Balaban J connectivity index is 1.37. The highest BCUT2D eigenvalue weighted by molar-refractivity contribution is 6.08. The molecule has 0 fully saturated rings. The molecule has 0 aromatic heterocycles. The Morgan fingerprint density at radius 2 is 1.11 bits per heavy atom. The van der Waals surface area contributed by atoms with Crippen LogP contribution in [0.3, 0.4) is 0 Å². The first-order valence-corrected chi connectivity index (χ1v) is 11.9. The lowest BCUT2D eigenvalue weighted by Crippen LogP contribution is -2.12. The second-order valence-electron chi connectivity index (χ2n) is 8.86. The number of carbonyl (C=O) groups is 2. The van der Waals surface area contributed by atoms with Gasteiger partial charge >= 0.3 is 5.97 Å². The number of Topliss-reactive ketones (excluding diaryl/α,β-unsaturated/α-hetero) is 1. The molecule has 0 spiro atoms. The van der Waals surface area contributed by atoms with Crippen molar-refractivity contribution in [2.75, 3.05) is 6.61 Å². The Bertz CT molecular complexity index is 1380. The van der Waals surface area contributed by atoms with Crippen molar-refractivity contribution in [3.05, 3.63) is 120 Å². The predicted octanol–water partition coefficient (Wildman–Crippen LogP) is 6.76. The quantitative estimate of drug-likeness (QED) is 0.121. The standard InChI is InChI=1S/C32H28O5/c1-21(2)31(34)27-8-4-23(5-9-27)26-14-18-30(19-15-26)37-32(35)28-10-6-24(7-11-28)25-12-16-29(17-13-25)36-20-22(3)33/h4-19,22,33H,1,20H2,2-3H3. The molecule has 0 aliphatic carbocycles. The number of esters is 1. The van der Waals surface area contributed by atoms with Crippen LogP contribution in [0.1, 0.15) is 34.6 Å². The molecule has 0 heterocycles. The minimum Gasteiger partial charge on any atom is -0.491 e. The van der Waals surface area contributed by atoms with Gasteiger partial charge in [0.25, 0.3) is 0 Å². The van der Waals surface area contributed by atoms with Crippen LogP contribution in [0.2, 0.25) is 0 Å². The molecule has 0 aliphatic heterocycles. The second kappa shape index (κ2) is 11.5. The second-order valence-corrected chi connectivity index (χ2v) is 8.86. The molecule has 5 nitrogen and oxygen atoms in total. The molecule has 0 aliphatic rings. The third kappa shape index (κ3) is 6.60. The smallest absolute Gasteiger partial charge is 0.343 e. The van der Waals surface area contributed by atoms with Gasteiger partial charge in [-0.1, -0.05) is 67.2 Å². The largest absolute Gasteiger partial charge is 0.491 e. The zero-order chi connectivity index (χ0) is 26.4. The molecule has 0 amide bonds. The molecule has 4 aromatic rings. The number of ketones is 1. The van der Waals surface area contributed by atoms with Crippen molar-refractivity contribution in [3.8, 4) is 33.8 Å². The molecule has 0 saturated carbocycles. The monoisotopic (exact) mass is 492 g/mol. The minimum atomic E-state index is -0.526. The molecule has 4 rings (SSSR count). The van der Waals surface area contributed by atoms with Gasteiger partial charge in [0.05, 0.1) is 11.7 Å². The van der Waals surface area contributed by atoms with E-state index in [1.807, 2.05) is 60.7 Å². The summed E-state index contributed by atoms with van der Waals surface area (Å²) in [4.78, 5) is 24.7. The number of aliphatic hydroxyl groups is 1. The Labute approximate surface area is 216 Å². The number of benzene rings is 4. The van der Waals surface area contributed by atoms with Crippen molar-refractivity contribution >= 4 is 11.8 Å². The lowest BCUT2D eigenvalue weighted by Gasteiger charge is -2.09. The molecule has 5 heteroatoms. The van der Waals surface area contributed by atoms with E-state index < -0.39 is 12.1 Å². The molecule has 37 heavy (non-hydrogen) atoms. The number of ether oxygens (including phenoxy) is 2. The average molecular weight is 493 g/mol. The summed E-state index contributed by atoms with van der Waals surface area (Å²) < 4.78 is 11.0. The van der Waals surface area contributed by atoms with Gasteiger partial charge in [-0.15, -0.1) is 0 Å². The highest BCUT2D eigenvalue weighted by Gasteiger charge is 2.11. The molecule has 0 bridgehead atoms. The summed E-state index contributed by atoms with van der Waals surface area (Å²) in [5, 5.41) is 9.33. The highest BCUT2D eigenvalue weighted by Crippen LogP contribution is 2.25. The normalized spacial score (nSPS) is 11.4. The number of hydrogen-bond donors (Lipinski definition) is 1. The van der Waals surface area contributed by atoms with E-state index in [-0.39, 0.29) is 12.4 Å². The van der Waals surface area contributed by atoms with Crippen molar-refractivity contribution in [2.24, 2.45) is 0 Å². The van der Waals surface area contributed by atoms with Crippen molar-refractivity contribution in [2.45, 2.75) is 20.0 Å². The van der Waals surface area contributed by atoms with Crippen molar-refractivity contribution < 1.29 is 24.2 Å². The first-order valence-electron chi connectivity index (χ1n) is 11.9. The minimum absolute atomic E-state index is 0.0710. The maximum Gasteiger partial charge on any atom is 0.343 e. The SMILES string of the molecule is C=C(C)C(=O)c1ccc(-c2ccc(OC(=O)c3ccc(-c4ccc(OCC(C)O)cc4)cc3)cc2)cc1. The van der Waals surface area contributed by atoms with Gasteiger partial charge in [0, 0.05) is 5.56 Å². The van der Waals surface area contributed by atoms with Crippen LogP contribution in [0, 0.1) is 0 Å². The fourth-order valence-corrected chi connectivity index (χ4v) is 3.70. The summed E-state index contributed by atoms with van der Waals surface area (Å²) in [5.41, 5.74) is 5.39. The van der Waals surface area contributed by atoms with Gasteiger partial charge in [-0.25, -0.2) is 4.79 Å². The zero-order valence-electron chi connectivity index (χ0n) is 20.8. The Kier molecular flexibility index (Phi) is 7.96. The van der Waals surface area contributed by atoms with Crippen LogP contribution in [0.5, 0.6) is 11.5 Å². The lowest BCUT2D eigenvalue weighted by molar-refractivity contribution is 0.0734. The van der Waals surface area contributed by atoms with Crippen LogP contribution in [0.4, 0.5) is 0 Å². The number of rotatable bonds is 9. The van der Waals surface area contributed by atoms with Gasteiger partial charge in [0.2, 0.25) is 0 Å². The summed E-state index contributed by atoms with van der Waals surface area (Å²) >= 11 is 0. The van der Waals surface area contributed by atoms with Crippen molar-refractivity contribution in [3.63, 3.8) is 0 Å². The maximum absolute atomic E-state index is 12.6. The molecule has 1 atom stereocenters. The molecule has 0 saturated heterocycles. The van der Waals surface area contributed by atoms with Crippen LogP contribution < -0.4 is 9.47 Å². The molecule has 4 aromatic carbocycles. The number of allylic oxidation sites excluding steroid dienone is 1. The summed E-state index contributed by atoms with van der Waals surface area (Å²) in [6.45, 7) is 7.31. The number of aliphatic hydroxyl groups excluding tert-OH is 1. The number of hydrogen-bond acceptors (Lipinski definition) is 5. The highest BCUT2D eigenvalue weighted by atomic mass is 16.5. The van der Waals surface area contributed by atoms with E-state index in [1.54, 1.807) is 50.2 Å². The summed E-state index contributed by atoms with van der Waals surface area (Å²) in [7, 11) is 0. The van der Waals surface area contributed by atoms with Crippen LogP contribution in [-0.2, 0) is 0 Å². The Morgan fingerprint density at radius 3 is 1.54 bits per heavy atom. The van der Waals surface area contributed by atoms with Gasteiger partial charge in [-0.05, 0) is 78.1 Å². The summed E-state index contributed by atoms with van der Waals surface area (Å²) in [6, 6.07) is 29.3. The fraction of sp³-hybridized carbons (Fsp3) is 0.125. The van der Waals surface area contributed by atoms with E-state index in [0.29, 0.717) is 28.2 Å². The van der Waals surface area contributed by atoms with Gasteiger partial charge in [0.15, 0.2) is 5.78 Å². The van der Waals surface area contributed by atoms with Gasteiger partial charge < -0.3 is 14.6 Å². The first kappa shape index (κ1) is 25.6. The molecule has 186 valence electrons. The van der Waals surface area contributed by atoms with Crippen LogP contribution in [0.25, 0.3) is 22.3 Å². The van der Waals surface area contributed by atoms with E-state index in [4.69, 9.17) is 9.47 Å². The fourth-order valence-electron chi connectivity index (χ4n) is 3.70. The zero-order valence-corrected chi connectivity index (χ0v) is 20.8. The van der Waals surface area contributed by atoms with E-state index in [9.17, 15) is 14.7 Å². The van der Waals surface area contributed by atoms with Crippen molar-refractivity contribution in [1.82, 2.24) is 0 Å². The first-order chi connectivity index (χ1) is 17.8. The third-order valence-corrected chi connectivity index (χ3v) is 5.73. The summed E-state index contributed by atoms with van der Waals surface area (Å²) in [5.74, 6) is 0.618. The van der Waals surface area contributed by atoms with Crippen LogP contribution >= 0.6 is 0 Å². The predicted molar refractivity (Wildman–Crippen MR) is 145 cm³/mol. The summed E-state index contributed by atoms with van der Waals surface area (Å²) in [6.07, 6.45) is -0.526. The van der Waals surface area contributed by atoms with E-state index >= 15 is 0 Å². The van der Waals surface area contributed by atoms with Gasteiger partial charge in [-0.2, -0.15) is 0 Å². The average Bonchev–Trinajstić information content (AvgIpc) is 2.92. The molecular weight excluding hydrogens is 464 g/mol.